The van der Waals surface area contributed by atoms with Crippen LogP contribution in [0.2, 0.25) is 12.1 Å². The number of hydrogen-bond donors (Lipinski definition) is 1. The Kier molecular flexibility index (Phi) is 8.75. The van der Waals surface area contributed by atoms with E-state index in [1.807, 2.05) is 0 Å². The topological polar surface area (TPSA) is 30.5 Å². The summed E-state index contributed by atoms with van der Waals surface area (Å²) >= 11 is 0. The predicted octanol–water partition coefficient (Wildman–Crippen LogP) is 1.00. The highest BCUT2D eigenvalue weighted by atomic mass is 28.3. The zero-order valence-electron chi connectivity index (χ0n) is 9.30. The van der Waals surface area contributed by atoms with E-state index >= 15 is 0 Å². The average molecular weight is 205 g/mol. The van der Waals surface area contributed by atoms with Gasteiger partial charge in [-0.3, -0.25) is 0 Å². The van der Waals surface area contributed by atoms with Crippen LogP contribution in [0.1, 0.15) is 13.8 Å². The van der Waals surface area contributed by atoms with Crippen LogP contribution in [0.25, 0.3) is 0 Å². The first kappa shape index (κ1) is 13.1. The van der Waals surface area contributed by atoms with E-state index in [-0.39, 0.29) is 5.91 Å². The molecule has 1 unspecified atom stereocenters. The molecule has 0 saturated carbocycles. The molecule has 0 aliphatic heterocycles. The van der Waals surface area contributed by atoms with Crippen LogP contribution < -0.4 is 5.32 Å². The molecule has 0 aromatic rings. The summed E-state index contributed by atoms with van der Waals surface area (Å²) in [7, 11) is 2.60. The standard InChI is InChI=1S/C9H23NO2Si/c1-5-10-7-8-13(6-2)9(11-3)12-4/h9-10,13H,5-8H2,1-4H3. The molecular formula is C9H23NO2Si. The fourth-order valence-corrected chi connectivity index (χ4v) is 3.89. The monoisotopic (exact) mass is 205 g/mol. The van der Waals surface area contributed by atoms with Gasteiger partial charge in [-0.2, -0.15) is 0 Å². The van der Waals surface area contributed by atoms with Gasteiger partial charge in [0.05, 0.1) is 0 Å². The molecular weight excluding hydrogens is 182 g/mol. The second-order valence-electron chi connectivity index (χ2n) is 3.15. The van der Waals surface area contributed by atoms with Crippen molar-refractivity contribution in [2.24, 2.45) is 0 Å². The van der Waals surface area contributed by atoms with E-state index in [2.05, 4.69) is 19.2 Å². The Labute approximate surface area is 83.4 Å². The zero-order valence-corrected chi connectivity index (χ0v) is 10.5. The fourth-order valence-electron chi connectivity index (χ4n) is 1.48. The van der Waals surface area contributed by atoms with Gasteiger partial charge in [0.25, 0.3) is 0 Å². The van der Waals surface area contributed by atoms with Crippen LogP contribution in [-0.4, -0.2) is 42.0 Å². The van der Waals surface area contributed by atoms with Crippen LogP contribution in [0, 0.1) is 0 Å². The maximum Gasteiger partial charge on any atom is 0.137 e. The number of hydrogen-bond acceptors (Lipinski definition) is 3. The van der Waals surface area contributed by atoms with Crippen molar-refractivity contribution in [2.75, 3.05) is 27.3 Å². The number of nitrogens with one attached hydrogen (secondary N) is 1. The van der Waals surface area contributed by atoms with Crippen molar-refractivity contribution in [3.8, 4) is 0 Å². The molecule has 0 bridgehead atoms. The quantitative estimate of drug-likeness (QED) is 0.364. The van der Waals surface area contributed by atoms with Crippen molar-refractivity contribution in [2.45, 2.75) is 31.8 Å². The van der Waals surface area contributed by atoms with Crippen molar-refractivity contribution in [3.05, 3.63) is 0 Å². The Morgan fingerprint density at radius 1 is 1.23 bits per heavy atom. The molecule has 3 nitrogen and oxygen atoms in total. The van der Waals surface area contributed by atoms with E-state index in [9.17, 15) is 0 Å². The van der Waals surface area contributed by atoms with Crippen LogP contribution in [0.3, 0.4) is 0 Å². The maximum absolute atomic E-state index is 5.29. The summed E-state index contributed by atoms with van der Waals surface area (Å²) < 4.78 is 10.6. The molecule has 0 spiro atoms. The molecule has 0 saturated heterocycles. The highest BCUT2D eigenvalue weighted by Gasteiger charge is 2.19. The van der Waals surface area contributed by atoms with Gasteiger partial charge < -0.3 is 14.8 Å². The first-order chi connectivity index (χ1) is 6.29. The Morgan fingerprint density at radius 3 is 2.23 bits per heavy atom. The van der Waals surface area contributed by atoms with Crippen molar-refractivity contribution in [1.29, 1.82) is 0 Å². The number of methoxy groups -OCH3 is 2. The van der Waals surface area contributed by atoms with E-state index in [0.717, 1.165) is 13.1 Å². The van der Waals surface area contributed by atoms with E-state index in [0.29, 0.717) is 0 Å². The van der Waals surface area contributed by atoms with E-state index in [1.54, 1.807) is 14.2 Å². The zero-order chi connectivity index (χ0) is 10.1. The van der Waals surface area contributed by atoms with Crippen LogP contribution in [-0.2, 0) is 9.47 Å². The third-order valence-electron chi connectivity index (χ3n) is 2.32. The second-order valence-corrected chi connectivity index (χ2v) is 6.61. The molecule has 80 valence electrons. The number of ether oxygens (including phenoxy) is 2. The van der Waals surface area contributed by atoms with Gasteiger partial charge >= 0.3 is 0 Å². The minimum Gasteiger partial charge on any atom is -0.360 e. The average Bonchev–Trinajstić information content (AvgIpc) is 2.17. The van der Waals surface area contributed by atoms with Gasteiger partial charge in [0.2, 0.25) is 0 Å². The predicted molar refractivity (Wildman–Crippen MR) is 58.8 cm³/mol. The summed E-state index contributed by atoms with van der Waals surface area (Å²) in [5.41, 5.74) is 0. The van der Waals surface area contributed by atoms with Crippen molar-refractivity contribution in [3.63, 3.8) is 0 Å². The summed E-state index contributed by atoms with van der Waals surface area (Å²) in [6.45, 7) is 6.51. The number of rotatable bonds is 8. The lowest BCUT2D eigenvalue weighted by molar-refractivity contribution is -0.0474. The normalized spacial score (nSPS) is 13.6. The molecule has 0 rings (SSSR count). The molecule has 0 aliphatic carbocycles. The minimum absolute atomic E-state index is 0.0867. The molecule has 13 heavy (non-hydrogen) atoms. The molecule has 0 fully saturated rings. The molecule has 0 aliphatic rings. The fraction of sp³-hybridized carbons (Fsp3) is 1.00. The molecule has 1 atom stereocenters. The maximum atomic E-state index is 5.29. The van der Waals surface area contributed by atoms with Gasteiger partial charge in [0, 0.05) is 14.2 Å². The van der Waals surface area contributed by atoms with E-state index in [4.69, 9.17) is 9.47 Å². The molecule has 0 aromatic heterocycles. The lowest BCUT2D eigenvalue weighted by Gasteiger charge is -2.22. The summed E-state index contributed by atoms with van der Waals surface area (Å²) in [5, 5.41) is 3.34. The van der Waals surface area contributed by atoms with Gasteiger partial charge in [0.1, 0.15) is 14.7 Å². The molecule has 1 N–H and O–H groups in total. The highest BCUT2D eigenvalue weighted by molar-refractivity contribution is 6.59. The Balaban J connectivity index is 3.71. The highest BCUT2D eigenvalue weighted by Crippen LogP contribution is 2.07. The summed E-state index contributed by atoms with van der Waals surface area (Å²) in [6.07, 6.45) is 0. The van der Waals surface area contributed by atoms with Crippen LogP contribution >= 0.6 is 0 Å². The lowest BCUT2D eigenvalue weighted by Crippen LogP contribution is -2.36. The van der Waals surface area contributed by atoms with Crippen LogP contribution in [0.5, 0.6) is 0 Å². The first-order valence-corrected chi connectivity index (χ1v) is 7.36. The van der Waals surface area contributed by atoms with E-state index in [1.165, 1.54) is 12.1 Å². The minimum atomic E-state index is -0.866. The molecule has 0 heterocycles. The third-order valence-corrected chi connectivity index (χ3v) is 5.71. The smallest absolute Gasteiger partial charge is 0.137 e. The molecule has 4 heteroatoms. The lowest BCUT2D eigenvalue weighted by atomic mass is 10.7. The summed E-state index contributed by atoms with van der Waals surface area (Å²) in [4.78, 5) is 0. The molecule has 0 aromatic carbocycles. The Morgan fingerprint density at radius 2 is 1.85 bits per heavy atom. The van der Waals surface area contributed by atoms with Crippen molar-refractivity contribution in [1.82, 2.24) is 5.32 Å². The second kappa shape index (κ2) is 8.68. The van der Waals surface area contributed by atoms with Crippen LogP contribution in [0.4, 0.5) is 0 Å². The van der Waals surface area contributed by atoms with Gasteiger partial charge in [-0.05, 0) is 19.1 Å². The van der Waals surface area contributed by atoms with Crippen molar-refractivity contribution < 1.29 is 9.47 Å². The SMILES string of the molecule is CCNCC[SiH](CC)C(OC)OC. The van der Waals surface area contributed by atoms with Crippen molar-refractivity contribution >= 4 is 8.80 Å². The largest absolute Gasteiger partial charge is 0.360 e. The third kappa shape index (κ3) is 5.41. The van der Waals surface area contributed by atoms with Gasteiger partial charge in [-0.1, -0.05) is 19.9 Å². The molecule has 0 amide bonds. The molecule has 0 radical (unpaired) electrons. The summed E-state index contributed by atoms with van der Waals surface area (Å²) in [6, 6.07) is 2.48. The van der Waals surface area contributed by atoms with Gasteiger partial charge in [-0.15, -0.1) is 0 Å². The van der Waals surface area contributed by atoms with E-state index < -0.39 is 8.80 Å². The Hall–Kier alpha value is 0.0969. The summed E-state index contributed by atoms with van der Waals surface area (Å²) in [5.74, 6) is 0.0867. The Bertz CT molecular complexity index is 110. The van der Waals surface area contributed by atoms with Gasteiger partial charge in [-0.25, -0.2) is 0 Å². The first-order valence-electron chi connectivity index (χ1n) is 5.06. The van der Waals surface area contributed by atoms with Gasteiger partial charge in [0.15, 0.2) is 0 Å². The van der Waals surface area contributed by atoms with Crippen LogP contribution in [0.15, 0.2) is 0 Å².